The molecule has 0 spiro atoms. The maximum absolute atomic E-state index is 8.42. The number of nitrogens with zero attached hydrogens (tertiary/aromatic N) is 1. The molecule has 4 N–H and O–H groups in total. The van der Waals surface area contributed by atoms with E-state index in [0.29, 0.717) is 15.2 Å². The molecule has 0 bridgehead atoms. The first-order valence-corrected chi connectivity index (χ1v) is 4.99. The second kappa shape index (κ2) is 4.84. The second-order valence-electron chi connectivity index (χ2n) is 2.30. The fraction of sp³-hybridized carbons (Fsp3) is 0. The predicted octanol–water partition coefficient (Wildman–Crippen LogP) is 2.68. The monoisotopic (exact) mass is 297 g/mol. The molecule has 0 aromatic heterocycles. The van der Waals surface area contributed by atoms with E-state index in [9.17, 15) is 0 Å². The molecule has 0 fully saturated rings. The number of halogens is 3. The molecule has 0 aliphatic rings. The van der Waals surface area contributed by atoms with Crippen molar-refractivity contribution in [3.05, 3.63) is 26.7 Å². The Morgan fingerprint density at radius 1 is 1.43 bits per heavy atom. The van der Waals surface area contributed by atoms with Crippen LogP contribution in [0.3, 0.4) is 0 Å². The third-order valence-electron chi connectivity index (χ3n) is 1.37. The van der Waals surface area contributed by atoms with Gasteiger partial charge in [0.05, 0.1) is 15.7 Å². The summed E-state index contributed by atoms with van der Waals surface area (Å²) in [4.78, 5) is 3.78. The Morgan fingerprint density at radius 3 is 2.64 bits per heavy atom. The number of nitrogens with one attached hydrogen (secondary N) is 1. The molecule has 0 saturated heterocycles. The molecule has 0 amide bonds. The van der Waals surface area contributed by atoms with Crippen LogP contribution in [0.2, 0.25) is 10.0 Å². The van der Waals surface area contributed by atoms with Gasteiger partial charge in [-0.25, -0.2) is 10.5 Å². The number of benzene rings is 1. The summed E-state index contributed by atoms with van der Waals surface area (Å²) < 4.78 is 0.665. The van der Waals surface area contributed by atoms with E-state index >= 15 is 0 Å². The van der Waals surface area contributed by atoms with E-state index in [2.05, 4.69) is 20.9 Å². The summed E-state index contributed by atoms with van der Waals surface area (Å²) in [6, 6.07) is 3.29. The molecule has 14 heavy (non-hydrogen) atoms. The Bertz CT molecular complexity index is 383. The number of aliphatic imine (C=N–C) groups is 1. The van der Waals surface area contributed by atoms with Crippen LogP contribution in [0.15, 0.2) is 21.6 Å². The summed E-state index contributed by atoms with van der Waals surface area (Å²) in [6.07, 6.45) is 0. The van der Waals surface area contributed by atoms with E-state index in [-0.39, 0.29) is 11.0 Å². The Balaban J connectivity index is 3.18. The second-order valence-corrected chi connectivity index (χ2v) is 3.91. The van der Waals surface area contributed by atoms with E-state index < -0.39 is 0 Å². The normalized spacial score (nSPS) is 11.6. The van der Waals surface area contributed by atoms with Crippen molar-refractivity contribution in [1.29, 1.82) is 0 Å². The third kappa shape index (κ3) is 2.51. The highest BCUT2D eigenvalue weighted by molar-refractivity contribution is 9.10. The molecule has 1 rings (SSSR count). The number of hydrogen-bond donors (Lipinski definition) is 3. The zero-order valence-electron chi connectivity index (χ0n) is 6.76. The van der Waals surface area contributed by atoms with Crippen LogP contribution in [0.5, 0.6) is 0 Å². The fourth-order valence-electron chi connectivity index (χ4n) is 0.757. The van der Waals surface area contributed by atoms with E-state index in [0.717, 1.165) is 0 Å². The quantitative estimate of drug-likeness (QED) is 0.323. The molecule has 0 aliphatic heterocycles. The Morgan fingerprint density at radius 2 is 2.07 bits per heavy atom. The lowest BCUT2D eigenvalue weighted by atomic mass is 10.3. The number of guanidine groups is 1. The maximum atomic E-state index is 8.42. The largest absolute Gasteiger partial charge is 0.368 e. The van der Waals surface area contributed by atoms with Gasteiger partial charge in [0.15, 0.2) is 0 Å². The summed E-state index contributed by atoms with van der Waals surface area (Å²) in [6.45, 7) is 0. The van der Waals surface area contributed by atoms with Crippen molar-refractivity contribution in [3.63, 3.8) is 0 Å². The maximum Gasteiger partial charge on any atom is 0.218 e. The highest BCUT2D eigenvalue weighted by Crippen LogP contribution is 2.37. The van der Waals surface area contributed by atoms with E-state index in [1.165, 1.54) is 0 Å². The van der Waals surface area contributed by atoms with Gasteiger partial charge in [-0.3, -0.25) is 5.21 Å². The molecule has 0 atom stereocenters. The third-order valence-corrected chi connectivity index (χ3v) is 3.13. The topological polar surface area (TPSA) is 70.6 Å². The number of rotatable bonds is 1. The standard InChI is InChI=1S/C7H6BrCl2N3O/c8-3-1-2-4(6(10)5(3)9)12-7(11)13-14/h1-2,14H,(H3,11,12,13). The minimum atomic E-state index is -0.162. The number of nitrogens with two attached hydrogens (primary N) is 1. The molecule has 0 aliphatic carbocycles. The minimum Gasteiger partial charge on any atom is -0.368 e. The van der Waals surface area contributed by atoms with Crippen LogP contribution in [0, 0.1) is 0 Å². The van der Waals surface area contributed by atoms with Crippen molar-refractivity contribution < 1.29 is 5.21 Å². The summed E-state index contributed by atoms with van der Waals surface area (Å²) in [7, 11) is 0. The van der Waals surface area contributed by atoms with Crippen LogP contribution < -0.4 is 11.2 Å². The van der Waals surface area contributed by atoms with Crippen LogP contribution in [-0.2, 0) is 0 Å². The Labute approximate surface area is 98.8 Å². The van der Waals surface area contributed by atoms with Gasteiger partial charge < -0.3 is 5.73 Å². The lowest BCUT2D eigenvalue weighted by Gasteiger charge is -2.03. The number of hydroxylamine groups is 1. The zero-order chi connectivity index (χ0) is 10.7. The molecule has 0 radical (unpaired) electrons. The first kappa shape index (κ1) is 11.6. The van der Waals surface area contributed by atoms with Crippen molar-refractivity contribution in [1.82, 2.24) is 5.48 Å². The molecule has 4 nitrogen and oxygen atoms in total. The molecule has 1 aromatic carbocycles. The molecular formula is C7H6BrCl2N3O. The molecule has 1 aromatic rings. The summed E-state index contributed by atoms with van der Waals surface area (Å²) in [5.74, 6) is -0.162. The SMILES string of the molecule is NC(=Nc1ccc(Br)c(Cl)c1Cl)NO. The van der Waals surface area contributed by atoms with Gasteiger partial charge >= 0.3 is 0 Å². The van der Waals surface area contributed by atoms with Gasteiger partial charge in [-0.05, 0) is 28.1 Å². The first-order valence-electron chi connectivity index (χ1n) is 3.44. The highest BCUT2D eigenvalue weighted by atomic mass is 79.9. The van der Waals surface area contributed by atoms with Crippen molar-refractivity contribution >= 4 is 50.8 Å². The van der Waals surface area contributed by atoms with Crippen LogP contribution in [0.4, 0.5) is 5.69 Å². The minimum absolute atomic E-state index is 0.162. The van der Waals surface area contributed by atoms with E-state index in [1.54, 1.807) is 17.6 Å². The van der Waals surface area contributed by atoms with Crippen LogP contribution >= 0.6 is 39.1 Å². The van der Waals surface area contributed by atoms with Crippen molar-refractivity contribution in [2.75, 3.05) is 0 Å². The molecular weight excluding hydrogens is 293 g/mol. The van der Waals surface area contributed by atoms with Crippen molar-refractivity contribution in [2.45, 2.75) is 0 Å². The average molecular weight is 299 g/mol. The molecule has 7 heteroatoms. The van der Waals surface area contributed by atoms with Crippen molar-refractivity contribution in [3.8, 4) is 0 Å². The van der Waals surface area contributed by atoms with Gasteiger partial charge in [0.25, 0.3) is 0 Å². The van der Waals surface area contributed by atoms with Gasteiger partial charge in [-0.2, -0.15) is 0 Å². The van der Waals surface area contributed by atoms with Gasteiger partial charge in [0, 0.05) is 4.47 Å². The first-order chi connectivity index (χ1) is 6.56. The van der Waals surface area contributed by atoms with Crippen LogP contribution in [0.25, 0.3) is 0 Å². The average Bonchev–Trinajstić information content (AvgIpc) is 2.19. The van der Waals surface area contributed by atoms with Crippen LogP contribution in [-0.4, -0.2) is 11.2 Å². The predicted molar refractivity (Wildman–Crippen MR) is 60.4 cm³/mol. The lowest BCUT2D eigenvalue weighted by molar-refractivity contribution is 0.233. The molecule has 0 heterocycles. The molecule has 0 unspecified atom stereocenters. The molecule has 0 saturated carbocycles. The fourth-order valence-corrected chi connectivity index (χ4v) is 1.57. The Kier molecular flexibility index (Phi) is 4.00. The van der Waals surface area contributed by atoms with Gasteiger partial charge in [-0.15, -0.1) is 0 Å². The number of hydrogen-bond acceptors (Lipinski definition) is 2. The van der Waals surface area contributed by atoms with Gasteiger partial charge in [0.1, 0.15) is 0 Å². The highest BCUT2D eigenvalue weighted by Gasteiger charge is 2.07. The van der Waals surface area contributed by atoms with Gasteiger partial charge in [-0.1, -0.05) is 23.2 Å². The summed E-state index contributed by atoms with van der Waals surface area (Å²) >= 11 is 14.9. The van der Waals surface area contributed by atoms with E-state index in [1.807, 2.05) is 0 Å². The van der Waals surface area contributed by atoms with Crippen LogP contribution in [0.1, 0.15) is 0 Å². The lowest BCUT2D eigenvalue weighted by Crippen LogP contribution is -2.27. The van der Waals surface area contributed by atoms with E-state index in [4.69, 9.17) is 34.1 Å². The smallest absolute Gasteiger partial charge is 0.218 e. The molecule has 76 valence electrons. The summed E-state index contributed by atoms with van der Waals surface area (Å²) in [5, 5.41) is 9.03. The Hall–Kier alpha value is -0.490. The zero-order valence-corrected chi connectivity index (χ0v) is 9.86. The van der Waals surface area contributed by atoms with Gasteiger partial charge in [0.2, 0.25) is 5.96 Å². The van der Waals surface area contributed by atoms with Crippen molar-refractivity contribution in [2.24, 2.45) is 10.7 Å². The summed E-state index contributed by atoms with van der Waals surface area (Å²) in [5.41, 5.74) is 7.30.